The van der Waals surface area contributed by atoms with Gasteiger partial charge in [-0.25, -0.2) is 0 Å². The van der Waals surface area contributed by atoms with Gasteiger partial charge in [0.25, 0.3) is 0 Å². The first kappa shape index (κ1) is 11.3. The monoisotopic (exact) mass is 228 g/mol. The second kappa shape index (κ2) is 5.21. The van der Waals surface area contributed by atoms with E-state index in [9.17, 15) is 4.79 Å². The molecule has 15 heavy (non-hydrogen) atoms. The van der Waals surface area contributed by atoms with Crippen molar-refractivity contribution in [2.45, 2.75) is 19.3 Å². The maximum absolute atomic E-state index is 11.6. The SMILES string of the molecule is O=C(CCS)N1CCN(CC2CC2)CC1. The molecule has 1 aliphatic heterocycles. The molecule has 3 nitrogen and oxygen atoms in total. The van der Waals surface area contributed by atoms with Gasteiger partial charge >= 0.3 is 0 Å². The Morgan fingerprint density at radius 2 is 1.87 bits per heavy atom. The minimum atomic E-state index is 0.274. The van der Waals surface area contributed by atoms with Crippen LogP contribution < -0.4 is 0 Å². The highest BCUT2D eigenvalue weighted by Crippen LogP contribution is 2.29. The van der Waals surface area contributed by atoms with Gasteiger partial charge in [-0.2, -0.15) is 12.6 Å². The van der Waals surface area contributed by atoms with Crippen LogP contribution in [0.15, 0.2) is 0 Å². The van der Waals surface area contributed by atoms with E-state index in [1.807, 2.05) is 4.90 Å². The molecule has 86 valence electrons. The normalized spacial score (nSPS) is 23.1. The number of thiol groups is 1. The Balaban J connectivity index is 1.68. The van der Waals surface area contributed by atoms with E-state index in [4.69, 9.17) is 0 Å². The van der Waals surface area contributed by atoms with E-state index in [1.165, 1.54) is 19.4 Å². The average molecular weight is 228 g/mol. The van der Waals surface area contributed by atoms with Crippen LogP contribution in [0.1, 0.15) is 19.3 Å². The maximum atomic E-state index is 11.6. The molecule has 2 fully saturated rings. The van der Waals surface area contributed by atoms with E-state index < -0.39 is 0 Å². The molecule has 0 radical (unpaired) electrons. The molecule has 1 amide bonds. The zero-order valence-corrected chi connectivity index (χ0v) is 10.1. The molecule has 1 aliphatic carbocycles. The number of nitrogens with zero attached hydrogens (tertiary/aromatic N) is 2. The molecule has 0 aromatic carbocycles. The number of hydrogen-bond donors (Lipinski definition) is 1. The van der Waals surface area contributed by atoms with Gasteiger partial charge in [-0.15, -0.1) is 0 Å². The first-order chi connectivity index (χ1) is 7.29. The molecule has 0 unspecified atom stereocenters. The lowest BCUT2D eigenvalue weighted by Gasteiger charge is -2.34. The van der Waals surface area contributed by atoms with Crippen molar-refractivity contribution in [2.24, 2.45) is 5.92 Å². The third-order valence-corrected chi connectivity index (χ3v) is 3.49. The van der Waals surface area contributed by atoms with Crippen LogP contribution in [-0.4, -0.2) is 54.2 Å². The number of carbonyl (C=O) groups excluding carboxylic acids is 1. The van der Waals surface area contributed by atoms with E-state index >= 15 is 0 Å². The van der Waals surface area contributed by atoms with E-state index in [0.717, 1.165) is 32.1 Å². The maximum Gasteiger partial charge on any atom is 0.223 e. The Morgan fingerprint density at radius 3 is 2.40 bits per heavy atom. The summed E-state index contributed by atoms with van der Waals surface area (Å²) in [5.74, 6) is 1.90. The van der Waals surface area contributed by atoms with Crippen LogP contribution in [0.4, 0.5) is 0 Å². The van der Waals surface area contributed by atoms with E-state index in [1.54, 1.807) is 0 Å². The van der Waals surface area contributed by atoms with Gasteiger partial charge in [-0.05, 0) is 24.5 Å². The van der Waals surface area contributed by atoms with Crippen LogP contribution in [-0.2, 0) is 4.79 Å². The summed E-state index contributed by atoms with van der Waals surface area (Å²) >= 11 is 4.09. The summed E-state index contributed by atoms with van der Waals surface area (Å²) in [7, 11) is 0. The number of piperazine rings is 1. The first-order valence-corrected chi connectivity index (χ1v) is 6.54. The van der Waals surface area contributed by atoms with Crippen LogP contribution in [0.2, 0.25) is 0 Å². The summed E-state index contributed by atoms with van der Waals surface area (Å²) in [4.78, 5) is 16.1. The molecule has 0 atom stereocenters. The Bertz CT molecular complexity index is 223. The van der Waals surface area contributed by atoms with Crippen LogP contribution in [0.5, 0.6) is 0 Å². The standard InChI is InChI=1S/C11H20N2OS/c14-11(3-8-15)13-6-4-12(5-7-13)9-10-1-2-10/h10,15H,1-9H2. The number of hydrogen-bond acceptors (Lipinski definition) is 3. The van der Waals surface area contributed by atoms with Crippen molar-refractivity contribution in [1.29, 1.82) is 0 Å². The highest BCUT2D eigenvalue weighted by atomic mass is 32.1. The molecular weight excluding hydrogens is 208 g/mol. The first-order valence-electron chi connectivity index (χ1n) is 5.90. The summed E-state index contributed by atoms with van der Waals surface area (Å²) in [6.45, 7) is 5.22. The van der Waals surface area contributed by atoms with E-state index in [-0.39, 0.29) is 5.91 Å². The fraction of sp³-hybridized carbons (Fsp3) is 0.909. The fourth-order valence-corrected chi connectivity index (χ4v) is 2.29. The van der Waals surface area contributed by atoms with Crippen LogP contribution in [0, 0.1) is 5.92 Å². The van der Waals surface area contributed by atoms with Gasteiger partial charge < -0.3 is 4.90 Å². The minimum Gasteiger partial charge on any atom is -0.340 e. The molecule has 4 heteroatoms. The molecule has 0 N–H and O–H groups in total. The predicted octanol–water partition coefficient (Wildman–Crippen LogP) is 0.861. The summed E-state index contributed by atoms with van der Waals surface area (Å²) in [6, 6.07) is 0. The number of rotatable bonds is 4. The van der Waals surface area contributed by atoms with Gasteiger partial charge in [-0.1, -0.05) is 0 Å². The highest BCUT2D eigenvalue weighted by molar-refractivity contribution is 7.80. The third kappa shape index (κ3) is 3.38. The number of amides is 1. The molecule has 0 aromatic heterocycles. The molecule has 2 rings (SSSR count). The molecule has 1 saturated heterocycles. The quantitative estimate of drug-likeness (QED) is 0.722. The lowest BCUT2D eigenvalue weighted by atomic mass is 10.2. The largest absolute Gasteiger partial charge is 0.340 e. The van der Waals surface area contributed by atoms with Crippen molar-refractivity contribution < 1.29 is 4.79 Å². The van der Waals surface area contributed by atoms with Gasteiger partial charge in [0.2, 0.25) is 5.91 Å². The molecule has 2 aliphatic rings. The van der Waals surface area contributed by atoms with Crippen molar-refractivity contribution in [3.05, 3.63) is 0 Å². The molecule has 0 aromatic rings. The summed E-state index contributed by atoms with van der Waals surface area (Å²) in [5.41, 5.74) is 0. The van der Waals surface area contributed by atoms with Crippen molar-refractivity contribution in [2.75, 3.05) is 38.5 Å². The van der Waals surface area contributed by atoms with Crippen LogP contribution >= 0.6 is 12.6 Å². The van der Waals surface area contributed by atoms with Crippen molar-refractivity contribution >= 4 is 18.5 Å². The Hall–Kier alpha value is -0.220. The van der Waals surface area contributed by atoms with Crippen molar-refractivity contribution in [3.63, 3.8) is 0 Å². The van der Waals surface area contributed by atoms with Gasteiger partial charge in [0.15, 0.2) is 0 Å². The Kier molecular flexibility index (Phi) is 3.92. The van der Waals surface area contributed by atoms with Gasteiger partial charge in [0.05, 0.1) is 0 Å². The predicted molar refractivity (Wildman–Crippen MR) is 64.2 cm³/mol. The lowest BCUT2D eigenvalue weighted by Crippen LogP contribution is -2.49. The minimum absolute atomic E-state index is 0.274. The zero-order chi connectivity index (χ0) is 10.7. The van der Waals surface area contributed by atoms with Crippen LogP contribution in [0.25, 0.3) is 0 Å². The Labute approximate surface area is 97.2 Å². The molecule has 1 heterocycles. The highest BCUT2D eigenvalue weighted by Gasteiger charge is 2.27. The smallest absolute Gasteiger partial charge is 0.223 e. The van der Waals surface area contributed by atoms with Crippen molar-refractivity contribution in [1.82, 2.24) is 9.80 Å². The average Bonchev–Trinajstić information content (AvgIpc) is 3.03. The Morgan fingerprint density at radius 1 is 1.20 bits per heavy atom. The van der Waals surface area contributed by atoms with Crippen LogP contribution in [0.3, 0.4) is 0 Å². The van der Waals surface area contributed by atoms with Gasteiger partial charge in [0.1, 0.15) is 0 Å². The molecule has 1 saturated carbocycles. The molecule has 0 bridgehead atoms. The summed E-state index contributed by atoms with van der Waals surface area (Å²) in [5, 5.41) is 0. The fourth-order valence-electron chi connectivity index (χ4n) is 2.10. The van der Waals surface area contributed by atoms with Gasteiger partial charge in [0, 0.05) is 39.1 Å². The summed E-state index contributed by atoms with van der Waals surface area (Å²) in [6.07, 6.45) is 3.42. The van der Waals surface area contributed by atoms with E-state index in [2.05, 4.69) is 17.5 Å². The molecular formula is C11H20N2OS. The summed E-state index contributed by atoms with van der Waals surface area (Å²) < 4.78 is 0. The topological polar surface area (TPSA) is 23.6 Å². The van der Waals surface area contributed by atoms with Gasteiger partial charge in [-0.3, -0.25) is 9.69 Å². The third-order valence-electron chi connectivity index (χ3n) is 3.26. The second-order valence-electron chi connectivity index (χ2n) is 4.60. The molecule has 0 spiro atoms. The number of carbonyl (C=O) groups is 1. The van der Waals surface area contributed by atoms with Crippen molar-refractivity contribution in [3.8, 4) is 0 Å². The van der Waals surface area contributed by atoms with E-state index in [0.29, 0.717) is 12.2 Å². The zero-order valence-electron chi connectivity index (χ0n) is 9.19. The second-order valence-corrected chi connectivity index (χ2v) is 5.05. The lowest BCUT2D eigenvalue weighted by molar-refractivity contribution is -0.132.